The largest absolute Gasteiger partial charge is 0.458 e. The maximum atomic E-state index is 11.2. The molecule has 1 aliphatic heterocycles. The van der Waals surface area contributed by atoms with E-state index in [-0.39, 0.29) is 5.97 Å². The van der Waals surface area contributed by atoms with Crippen LogP contribution >= 0.6 is 0 Å². The number of ether oxygens (including phenoxy) is 1. The van der Waals surface area contributed by atoms with E-state index in [1.807, 2.05) is 20.0 Å². The highest BCUT2D eigenvalue weighted by Crippen LogP contribution is 2.43. The van der Waals surface area contributed by atoms with Crippen molar-refractivity contribution >= 4 is 23.1 Å². The Balaban J connectivity index is 3.02. The number of carbonyl (C=O) groups is 1. The van der Waals surface area contributed by atoms with Crippen molar-refractivity contribution in [2.24, 2.45) is 0 Å². The van der Waals surface area contributed by atoms with Crippen molar-refractivity contribution in [3.63, 3.8) is 0 Å². The quantitative estimate of drug-likeness (QED) is 0.568. The van der Waals surface area contributed by atoms with Gasteiger partial charge < -0.3 is 17.7 Å². The Bertz CT molecular complexity index is 300. The molecule has 1 saturated heterocycles. The molecule has 0 saturated carbocycles. The highest BCUT2D eigenvalue weighted by Gasteiger charge is 2.66. The fourth-order valence-corrected chi connectivity index (χ4v) is 11.7. The van der Waals surface area contributed by atoms with Gasteiger partial charge in [0.2, 0.25) is 0 Å². The minimum Gasteiger partial charge on any atom is -0.458 e. The Kier molecular flexibility index (Phi) is 3.66. The van der Waals surface area contributed by atoms with Gasteiger partial charge in [0.05, 0.1) is 0 Å². The van der Waals surface area contributed by atoms with Crippen LogP contribution in [0.15, 0.2) is 0 Å². The third-order valence-corrected chi connectivity index (χ3v) is 12.0. The highest BCUT2D eigenvalue weighted by atomic mass is 28.5. The summed E-state index contributed by atoms with van der Waals surface area (Å²) in [5, 5.41) is -0.662. The van der Waals surface area contributed by atoms with E-state index in [9.17, 15) is 4.79 Å². The van der Waals surface area contributed by atoms with E-state index in [4.69, 9.17) is 17.7 Å². The predicted octanol–water partition coefficient (Wildman–Crippen LogP) is 1.31. The average Bonchev–Trinajstić information content (AvgIpc) is 2.34. The summed E-state index contributed by atoms with van der Waals surface area (Å²) in [6.45, 7) is 7.15. The first kappa shape index (κ1) is 13.8. The lowest BCUT2D eigenvalue weighted by Gasteiger charge is -2.34. The van der Waals surface area contributed by atoms with Gasteiger partial charge in [0.25, 0.3) is 0 Å². The lowest BCUT2D eigenvalue weighted by Crippen LogP contribution is -2.55. The second-order valence-electron chi connectivity index (χ2n) is 4.59. The molecule has 16 heavy (non-hydrogen) atoms. The molecule has 1 heterocycles. The summed E-state index contributed by atoms with van der Waals surface area (Å²) in [4.78, 5) is 11.2. The van der Waals surface area contributed by atoms with E-state index >= 15 is 0 Å². The minimum atomic E-state index is -2.54. The Hall–Kier alpha value is -0.216. The zero-order valence-electron chi connectivity index (χ0n) is 10.7. The monoisotopic (exact) mass is 264 g/mol. The fraction of sp³-hybridized carbons (Fsp3) is 0.889. The van der Waals surface area contributed by atoms with Gasteiger partial charge >= 0.3 is 23.1 Å². The van der Waals surface area contributed by atoms with Gasteiger partial charge in [-0.15, -0.1) is 0 Å². The summed E-state index contributed by atoms with van der Waals surface area (Å²) in [6, 6.07) is 0.618. The number of hydrogen-bond donors (Lipinski definition) is 0. The predicted molar refractivity (Wildman–Crippen MR) is 63.3 cm³/mol. The molecule has 0 spiro atoms. The fourth-order valence-electron chi connectivity index (χ4n) is 2.15. The molecule has 3 atom stereocenters. The second kappa shape index (κ2) is 4.23. The molecule has 1 aliphatic rings. The molecule has 0 radical (unpaired) electrons. The van der Waals surface area contributed by atoms with Crippen LogP contribution in [0.25, 0.3) is 0 Å². The molecule has 0 N–H and O–H groups in total. The zero-order chi connectivity index (χ0) is 12.6. The van der Waals surface area contributed by atoms with Gasteiger partial charge in [-0.3, -0.25) is 4.79 Å². The molecule has 1 fully saturated rings. The van der Waals surface area contributed by atoms with E-state index in [1.165, 1.54) is 6.92 Å². The molecule has 0 bridgehead atoms. The van der Waals surface area contributed by atoms with E-state index in [0.29, 0.717) is 6.04 Å². The first-order valence-electron chi connectivity index (χ1n) is 5.20. The third-order valence-electron chi connectivity index (χ3n) is 3.22. The van der Waals surface area contributed by atoms with Crippen LogP contribution in [0.4, 0.5) is 0 Å². The van der Waals surface area contributed by atoms with Gasteiger partial charge in [0.15, 0.2) is 5.22 Å². The normalized spacial score (nSPS) is 43.4. The summed E-state index contributed by atoms with van der Waals surface area (Å²) in [6.07, 6.45) is 0. The zero-order valence-corrected chi connectivity index (χ0v) is 12.7. The Morgan fingerprint density at radius 2 is 1.88 bits per heavy atom. The number of carbonyl (C=O) groups excluding carboxylic acids is 1. The summed E-state index contributed by atoms with van der Waals surface area (Å²) in [7, 11) is -1.56. The third kappa shape index (κ3) is 2.23. The van der Waals surface area contributed by atoms with Crippen LogP contribution in [0.3, 0.4) is 0 Å². The lowest BCUT2D eigenvalue weighted by molar-refractivity contribution is -0.149. The van der Waals surface area contributed by atoms with Gasteiger partial charge in [0.1, 0.15) is 0 Å². The lowest BCUT2D eigenvalue weighted by atomic mass is 10.4. The Morgan fingerprint density at radius 3 is 2.25 bits per heavy atom. The van der Waals surface area contributed by atoms with Crippen LogP contribution in [0.1, 0.15) is 13.8 Å². The van der Waals surface area contributed by atoms with Crippen LogP contribution in [0.5, 0.6) is 0 Å². The molecule has 0 aliphatic carbocycles. The molecule has 0 amide bonds. The van der Waals surface area contributed by atoms with Gasteiger partial charge in [0, 0.05) is 27.2 Å². The summed E-state index contributed by atoms with van der Waals surface area (Å²) >= 11 is 0. The van der Waals surface area contributed by atoms with Crippen molar-refractivity contribution in [3.05, 3.63) is 0 Å². The van der Waals surface area contributed by atoms with Crippen LogP contribution in [0.2, 0.25) is 19.1 Å². The summed E-state index contributed by atoms with van der Waals surface area (Å²) < 4.78 is 22.4. The van der Waals surface area contributed by atoms with E-state index < -0.39 is 22.3 Å². The van der Waals surface area contributed by atoms with Gasteiger partial charge in [-0.05, 0) is 20.0 Å². The SMILES string of the molecule is CO[Si]1(C)CC(C)(OC(C)=O)[Si](C)(OC)O1. The molecule has 0 aromatic heterocycles. The first-order chi connectivity index (χ1) is 7.20. The van der Waals surface area contributed by atoms with Gasteiger partial charge in [-0.1, -0.05) is 0 Å². The van der Waals surface area contributed by atoms with Crippen LogP contribution in [-0.2, 0) is 22.5 Å². The standard InChI is InChI=1S/C9H20O5Si2/c1-8(10)13-9(2)7-15(5,11-3)14-16(9,6)12-4/h7H2,1-6H3. The highest BCUT2D eigenvalue weighted by molar-refractivity contribution is 6.87. The van der Waals surface area contributed by atoms with Crippen LogP contribution in [0, 0.1) is 0 Å². The summed E-state index contributed by atoms with van der Waals surface area (Å²) in [5.74, 6) is -0.309. The van der Waals surface area contributed by atoms with Crippen molar-refractivity contribution in [2.75, 3.05) is 14.2 Å². The first-order valence-corrected chi connectivity index (χ1v) is 10.0. The molecular weight excluding hydrogens is 244 g/mol. The molecule has 3 unspecified atom stereocenters. The van der Waals surface area contributed by atoms with Gasteiger partial charge in [-0.2, -0.15) is 0 Å². The van der Waals surface area contributed by atoms with Gasteiger partial charge in [-0.25, -0.2) is 0 Å². The maximum Gasteiger partial charge on any atom is 0.371 e. The van der Waals surface area contributed by atoms with Crippen molar-refractivity contribution in [1.82, 2.24) is 0 Å². The maximum absolute atomic E-state index is 11.2. The van der Waals surface area contributed by atoms with Crippen molar-refractivity contribution in [2.45, 2.75) is 38.2 Å². The molecule has 5 nitrogen and oxygen atoms in total. The smallest absolute Gasteiger partial charge is 0.371 e. The van der Waals surface area contributed by atoms with E-state index in [1.54, 1.807) is 14.2 Å². The van der Waals surface area contributed by atoms with Crippen molar-refractivity contribution < 1.29 is 22.5 Å². The summed E-state index contributed by atoms with van der Waals surface area (Å²) in [5.41, 5.74) is 0. The van der Waals surface area contributed by atoms with E-state index in [2.05, 4.69) is 0 Å². The van der Waals surface area contributed by atoms with Crippen LogP contribution in [-0.4, -0.2) is 42.5 Å². The topological polar surface area (TPSA) is 54.0 Å². The number of rotatable bonds is 3. The van der Waals surface area contributed by atoms with Crippen molar-refractivity contribution in [1.29, 1.82) is 0 Å². The average molecular weight is 264 g/mol. The Labute approximate surface area is 98.5 Å². The molecule has 0 aromatic carbocycles. The van der Waals surface area contributed by atoms with Crippen LogP contribution < -0.4 is 0 Å². The second-order valence-corrected chi connectivity index (χ2v) is 11.8. The number of hydrogen-bond acceptors (Lipinski definition) is 5. The van der Waals surface area contributed by atoms with Crippen molar-refractivity contribution in [3.8, 4) is 0 Å². The van der Waals surface area contributed by atoms with E-state index in [0.717, 1.165) is 0 Å². The molecule has 7 heteroatoms. The Morgan fingerprint density at radius 1 is 1.31 bits per heavy atom. The number of esters is 1. The molecule has 0 aromatic rings. The molecule has 94 valence electrons. The molecular formula is C9H20O5Si2. The molecule has 1 rings (SSSR count). The minimum absolute atomic E-state index is 0.309.